The fourth-order valence-electron chi connectivity index (χ4n) is 1.23. The van der Waals surface area contributed by atoms with Gasteiger partial charge in [-0.25, -0.2) is 4.98 Å². The second-order valence-corrected chi connectivity index (χ2v) is 4.83. The Balaban J connectivity index is 2.76. The molecule has 0 fully saturated rings. The number of rotatable bonds is 5. The normalized spacial score (nSPS) is 11.4. The highest BCUT2D eigenvalue weighted by Gasteiger charge is 2.16. The Labute approximate surface area is 112 Å². The zero-order chi connectivity index (χ0) is 12.8. The van der Waals surface area contributed by atoms with Crippen molar-refractivity contribution in [3.63, 3.8) is 0 Å². The number of pyridine rings is 1. The van der Waals surface area contributed by atoms with Crippen LogP contribution in [0.15, 0.2) is 34.2 Å². The topological polar surface area (TPSA) is 59.3 Å². The summed E-state index contributed by atoms with van der Waals surface area (Å²) in [5, 5.41) is 12.4. The first-order chi connectivity index (χ1) is 8.04. The molecule has 0 saturated heterocycles. The Kier molecular flexibility index (Phi) is 5.43. The summed E-state index contributed by atoms with van der Waals surface area (Å²) in [6, 6.07) is 3.69. The number of thioether (sulfide) groups is 1. The van der Waals surface area contributed by atoms with Crippen LogP contribution in [0.3, 0.4) is 0 Å². The van der Waals surface area contributed by atoms with Gasteiger partial charge in [0, 0.05) is 11.8 Å². The maximum atomic E-state index is 10.8. The molecule has 92 valence electrons. The highest BCUT2D eigenvalue weighted by molar-refractivity contribution is 9.10. The SMILES string of the molecule is CSC=C(N(C)Cc1ccc(Br)nc1)[N+](=O)[O-]. The summed E-state index contributed by atoms with van der Waals surface area (Å²) in [5.74, 6) is 0.0837. The molecule has 1 rings (SSSR count). The van der Waals surface area contributed by atoms with E-state index >= 15 is 0 Å². The van der Waals surface area contributed by atoms with E-state index in [1.165, 1.54) is 17.2 Å². The molecule has 1 aromatic heterocycles. The third-order valence-corrected chi connectivity index (χ3v) is 2.93. The Morgan fingerprint density at radius 2 is 2.41 bits per heavy atom. The maximum absolute atomic E-state index is 10.8. The zero-order valence-corrected chi connectivity index (χ0v) is 11.9. The van der Waals surface area contributed by atoms with Gasteiger partial charge >= 0.3 is 5.82 Å². The Hall–Kier alpha value is -1.08. The van der Waals surface area contributed by atoms with Gasteiger partial charge in [0.2, 0.25) is 0 Å². The number of nitrogens with zero attached hydrogens (tertiary/aromatic N) is 3. The summed E-state index contributed by atoms with van der Waals surface area (Å²) in [4.78, 5) is 16.1. The van der Waals surface area contributed by atoms with E-state index in [-0.39, 0.29) is 10.7 Å². The molecule has 0 unspecified atom stereocenters. The lowest BCUT2D eigenvalue weighted by Crippen LogP contribution is -2.22. The van der Waals surface area contributed by atoms with Gasteiger partial charge in [0.1, 0.15) is 11.1 Å². The van der Waals surface area contributed by atoms with Crippen LogP contribution in [0.2, 0.25) is 0 Å². The second kappa shape index (κ2) is 6.61. The van der Waals surface area contributed by atoms with Crippen LogP contribution in [-0.2, 0) is 6.54 Å². The molecule has 0 spiro atoms. The van der Waals surface area contributed by atoms with Crippen LogP contribution in [0, 0.1) is 10.1 Å². The van der Waals surface area contributed by atoms with E-state index in [1.54, 1.807) is 24.4 Å². The zero-order valence-electron chi connectivity index (χ0n) is 9.46. The number of halogens is 1. The molecule has 1 aromatic rings. The molecular weight excluding hydrogens is 306 g/mol. The lowest BCUT2D eigenvalue weighted by molar-refractivity contribution is -0.445. The first-order valence-corrected chi connectivity index (χ1v) is 6.81. The van der Waals surface area contributed by atoms with Gasteiger partial charge in [0.25, 0.3) is 0 Å². The predicted octanol–water partition coefficient (Wildman–Crippen LogP) is 2.71. The molecule has 0 N–H and O–H groups in total. The van der Waals surface area contributed by atoms with Crippen LogP contribution < -0.4 is 0 Å². The third-order valence-electron chi connectivity index (χ3n) is 2.01. The second-order valence-electron chi connectivity index (χ2n) is 3.31. The molecule has 0 aromatic carbocycles. The summed E-state index contributed by atoms with van der Waals surface area (Å²) < 4.78 is 0.748. The Bertz CT molecular complexity index is 422. The van der Waals surface area contributed by atoms with Gasteiger partial charge in [0.15, 0.2) is 0 Å². The Morgan fingerprint density at radius 3 is 2.88 bits per heavy atom. The van der Waals surface area contributed by atoms with Crippen molar-refractivity contribution in [1.29, 1.82) is 0 Å². The van der Waals surface area contributed by atoms with Gasteiger partial charge in [-0.1, -0.05) is 6.07 Å². The lowest BCUT2D eigenvalue weighted by atomic mass is 10.3. The highest BCUT2D eigenvalue weighted by Crippen LogP contribution is 2.13. The molecule has 5 nitrogen and oxygen atoms in total. The molecule has 0 saturated carbocycles. The minimum atomic E-state index is -0.386. The standard InChI is InChI=1S/C10H12BrN3O2S/c1-13(10(7-17-2)14(15)16)6-8-3-4-9(11)12-5-8/h3-5,7H,6H2,1-2H3. The first-order valence-electron chi connectivity index (χ1n) is 4.73. The van der Waals surface area contributed by atoms with E-state index in [0.717, 1.165) is 10.2 Å². The van der Waals surface area contributed by atoms with Crippen LogP contribution >= 0.6 is 27.7 Å². The molecule has 0 bridgehead atoms. The summed E-state index contributed by atoms with van der Waals surface area (Å²) in [6.45, 7) is 0.452. The molecule has 0 radical (unpaired) electrons. The van der Waals surface area contributed by atoms with Crippen LogP contribution in [-0.4, -0.2) is 28.1 Å². The minimum absolute atomic E-state index is 0.0837. The van der Waals surface area contributed by atoms with Crippen LogP contribution in [0.25, 0.3) is 0 Å². The molecular formula is C10H12BrN3O2S. The van der Waals surface area contributed by atoms with E-state index < -0.39 is 0 Å². The number of hydrogen-bond donors (Lipinski definition) is 0. The van der Waals surface area contributed by atoms with Crippen molar-refractivity contribution in [1.82, 2.24) is 9.88 Å². The van der Waals surface area contributed by atoms with Crippen molar-refractivity contribution in [3.05, 3.63) is 49.8 Å². The van der Waals surface area contributed by atoms with E-state index in [4.69, 9.17) is 0 Å². The summed E-state index contributed by atoms with van der Waals surface area (Å²) in [6.07, 6.45) is 3.48. The van der Waals surface area contributed by atoms with Crippen molar-refractivity contribution in [2.45, 2.75) is 6.54 Å². The maximum Gasteiger partial charge on any atom is 0.324 e. The van der Waals surface area contributed by atoms with E-state index in [0.29, 0.717) is 6.54 Å². The molecule has 7 heteroatoms. The minimum Gasteiger partial charge on any atom is -0.358 e. The first kappa shape index (κ1) is 14.0. The van der Waals surface area contributed by atoms with Crippen molar-refractivity contribution < 1.29 is 4.92 Å². The molecule has 0 aliphatic rings. The van der Waals surface area contributed by atoms with Crippen molar-refractivity contribution >= 4 is 27.7 Å². The molecule has 0 aliphatic carbocycles. The Morgan fingerprint density at radius 1 is 1.71 bits per heavy atom. The fourth-order valence-corrected chi connectivity index (χ4v) is 1.94. The number of nitro groups is 1. The van der Waals surface area contributed by atoms with Gasteiger partial charge in [-0.05, 0) is 33.2 Å². The van der Waals surface area contributed by atoms with Gasteiger partial charge in [-0.3, -0.25) is 4.90 Å². The fraction of sp³-hybridized carbons (Fsp3) is 0.300. The van der Waals surface area contributed by atoms with Crippen molar-refractivity contribution in [3.8, 4) is 0 Å². The quantitative estimate of drug-likeness (QED) is 0.475. The van der Waals surface area contributed by atoms with Gasteiger partial charge in [-0.2, -0.15) is 0 Å². The molecule has 0 atom stereocenters. The number of aromatic nitrogens is 1. The van der Waals surface area contributed by atoms with Gasteiger partial charge in [-0.15, -0.1) is 11.8 Å². The van der Waals surface area contributed by atoms with Crippen LogP contribution in [0.5, 0.6) is 0 Å². The van der Waals surface area contributed by atoms with Crippen LogP contribution in [0.4, 0.5) is 0 Å². The predicted molar refractivity (Wildman–Crippen MR) is 72.0 cm³/mol. The van der Waals surface area contributed by atoms with E-state index in [2.05, 4.69) is 20.9 Å². The molecule has 0 amide bonds. The molecule has 17 heavy (non-hydrogen) atoms. The lowest BCUT2D eigenvalue weighted by Gasteiger charge is -2.13. The van der Waals surface area contributed by atoms with Crippen molar-refractivity contribution in [2.24, 2.45) is 0 Å². The number of hydrogen-bond acceptors (Lipinski definition) is 5. The average Bonchev–Trinajstić information content (AvgIpc) is 2.28. The summed E-state index contributed by atoms with van der Waals surface area (Å²) in [7, 11) is 1.69. The van der Waals surface area contributed by atoms with Gasteiger partial charge in [0.05, 0.1) is 12.5 Å². The van der Waals surface area contributed by atoms with Crippen molar-refractivity contribution in [2.75, 3.05) is 13.3 Å². The van der Waals surface area contributed by atoms with Crippen LogP contribution in [0.1, 0.15) is 5.56 Å². The third kappa shape index (κ3) is 4.35. The smallest absolute Gasteiger partial charge is 0.324 e. The monoisotopic (exact) mass is 317 g/mol. The molecule has 0 aliphatic heterocycles. The van der Waals surface area contributed by atoms with Gasteiger partial charge < -0.3 is 10.1 Å². The highest BCUT2D eigenvalue weighted by atomic mass is 79.9. The summed E-state index contributed by atoms with van der Waals surface area (Å²) >= 11 is 4.55. The van der Waals surface area contributed by atoms with E-state index in [9.17, 15) is 10.1 Å². The van der Waals surface area contributed by atoms with E-state index in [1.807, 2.05) is 12.1 Å². The largest absolute Gasteiger partial charge is 0.358 e. The average molecular weight is 318 g/mol. The molecule has 1 heterocycles. The summed E-state index contributed by atoms with van der Waals surface area (Å²) in [5.41, 5.74) is 0.921.